The second-order valence-corrected chi connectivity index (χ2v) is 5.82. The summed E-state index contributed by atoms with van der Waals surface area (Å²) in [6, 6.07) is 8.03. The van der Waals surface area contributed by atoms with Crippen LogP contribution >= 0.6 is 11.8 Å². The number of nitrogens with zero attached hydrogens (tertiary/aromatic N) is 1. The Hall–Kier alpha value is -1.26. The van der Waals surface area contributed by atoms with Crippen molar-refractivity contribution in [2.45, 2.75) is 31.2 Å². The van der Waals surface area contributed by atoms with Gasteiger partial charge in [-0.1, -0.05) is 31.7 Å². The minimum atomic E-state index is 0.663. The van der Waals surface area contributed by atoms with Gasteiger partial charge >= 0.3 is 0 Å². The van der Waals surface area contributed by atoms with Crippen molar-refractivity contribution in [3.8, 4) is 0 Å². The minimum absolute atomic E-state index is 0.663. The molecule has 0 bridgehead atoms. The molecule has 19 heavy (non-hydrogen) atoms. The van der Waals surface area contributed by atoms with Crippen molar-refractivity contribution < 1.29 is 4.42 Å². The SMILES string of the molecule is CC(C)CNCc1cccnc1SCc1ccco1. The summed E-state index contributed by atoms with van der Waals surface area (Å²) in [5.74, 6) is 2.47. The molecular weight excluding hydrogens is 256 g/mol. The molecule has 2 heterocycles. The Labute approximate surface area is 118 Å². The fourth-order valence-corrected chi connectivity index (χ4v) is 2.62. The van der Waals surface area contributed by atoms with Crippen LogP contribution in [0.3, 0.4) is 0 Å². The van der Waals surface area contributed by atoms with Gasteiger partial charge in [0, 0.05) is 12.7 Å². The first-order valence-electron chi connectivity index (χ1n) is 6.55. The predicted molar refractivity (Wildman–Crippen MR) is 79.1 cm³/mol. The third-order valence-electron chi connectivity index (χ3n) is 2.65. The lowest BCUT2D eigenvalue weighted by Crippen LogP contribution is -2.19. The van der Waals surface area contributed by atoms with Gasteiger partial charge in [0.1, 0.15) is 10.8 Å². The van der Waals surface area contributed by atoms with Gasteiger partial charge in [-0.3, -0.25) is 0 Å². The quantitative estimate of drug-likeness (QED) is 0.782. The zero-order valence-electron chi connectivity index (χ0n) is 11.4. The second kappa shape index (κ2) is 7.36. The summed E-state index contributed by atoms with van der Waals surface area (Å²) in [7, 11) is 0. The highest BCUT2D eigenvalue weighted by Gasteiger charge is 2.06. The minimum Gasteiger partial charge on any atom is -0.468 e. The lowest BCUT2D eigenvalue weighted by atomic mass is 10.2. The van der Waals surface area contributed by atoms with Crippen LogP contribution in [0, 0.1) is 5.92 Å². The van der Waals surface area contributed by atoms with Crippen LogP contribution in [0.15, 0.2) is 46.2 Å². The average molecular weight is 276 g/mol. The molecule has 102 valence electrons. The summed E-state index contributed by atoms with van der Waals surface area (Å²) < 4.78 is 5.34. The summed E-state index contributed by atoms with van der Waals surface area (Å²) in [5.41, 5.74) is 1.25. The molecule has 0 aliphatic carbocycles. The van der Waals surface area contributed by atoms with Crippen molar-refractivity contribution >= 4 is 11.8 Å². The van der Waals surface area contributed by atoms with Gasteiger partial charge in [-0.15, -0.1) is 0 Å². The van der Waals surface area contributed by atoms with E-state index in [1.54, 1.807) is 18.0 Å². The van der Waals surface area contributed by atoms with E-state index in [1.807, 2.05) is 24.4 Å². The Morgan fingerprint density at radius 3 is 2.95 bits per heavy atom. The zero-order chi connectivity index (χ0) is 13.5. The molecule has 2 aromatic rings. The van der Waals surface area contributed by atoms with Gasteiger partial charge in [0.15, 0.2) is 0 Å². The molecule has 4 heteroatoms. The number of hydrogen-bond donors (Lipinski definition) is 1. The maximum atomic E-state index is 5.34. The molecule has 0 radical (unpaired) electrons. The normalized spacial score (nSPS) is 11.1. The number of hydrogen-bond acceptors (Lipinski definition) is 4. The van der Waals surface area contributed by atoms with Gasteiger partial charge in [0.25, 0.3) is 0 Å². The van der Waals surface area contributed by atoms with Crippen LogP contribution in [-0.4, -0.2) is 11.5 Å². The molecule has 0 aromatic carbocycles. The Morgan fingerprint density at radius 1 is 1.32 bits per heavy atom. The van der Waals surface area contributed by atoms with E-state index in [1.165, 1.54) is 5.56 Å². The molecule has 0 aliphatic rings. The van der Waals surface area contributed by atoms with E-state index in [0.717, 1.165) is 29.6 Å². The number of thioether (sulfide) groups is 1. The first-order chi connectivity index (χ1) is 9.25. The third kappa shape index (κ3) is 4.73. The Morgan fingerprint density at radius 2 is 2.21 bits per heavy atom. The van der Waals surface area contributed by atoms with Crippen LogP contribution in [-0.2, 0) is 12.3 Å². The summed E-state index contributed by atoms with van der Waals surface area (Å²) >= 11 is 1.72. The molecule has 3 nitrogen and oxygen atoms in total. The van der Waals surface area contributed by atoms with Gasteiger partial charge in [-0.2, -0.15) is 0 Å². The highest BCUT2D eigenvalue weighted by Crippen LogP contribution is 2.24. The van der Waals surface area contributed by atoms with E-state index < -0.39 is 0 Å². The van der Waals surface area contributed by atoms with Gasteiger partial charge in [0.2, 0.25) is 0 Å². The lowest BCUT2D eigenvalue weighted by Gasteiger charge is -2.10. The molecule has 0 spiro atoms. The van der Waals surface area contributed by atoms with Crippen LogP contribution in [0.25, 0.3) is 0 Å². The number of rotatable bonds is 7. The molecule has 0 aliphatic heterocycles. The Balaban J connectivity index is 1.92. The summed E-state index contributed by atoms with van der Waals surface area (Å²) in [5, 5.41) is 4.54. The van der Waals surface area contributed by atoms with Crippen molar-refractivity contribution in [2.24, 2.45) is 5.92 Å². The Bertz CT molecular complexity index is 483. The van der Waals surface area contributed by atoms with Crippen LogP contribution in [0.1, 0.15) is 25.2 Å². The topological polar surface area (TPSA) is 38.1 Å². The van der Waals surface area contributed by atoms with Gasteiger partial charge in [-0.25, -0.2) is 4.98 Å². The fourth-order valence-electron chi connectivity index (χ4n) is 1.72. The summed E-state index contributed by atoms with van der Waals surface area (Å²) in [6.45, 7) is 6.31. The van der Waals surface area contributed by atoms with E-state index in [-0.39, 0.29) is 0 Å². The molecular formula is C15H20N2OS. The standard InChI is InChI=1S/C15H20N2OS/c1-12(2)9-16-10-13-5-3-7-17-15(13)19-11-14-6-4-8-18-14/h3-8,12,16H,9-11H2,1-2H3. The average Bonchev–Trinajstić information content (AvgIpc) is 2.90. The smallest absolute Gasteiger partial charge is 0.114 e. The molecule has 2 aromatic heterocycles. The summed E-state index contributed by atoms with van der Waals surface area (Å²) in [4.78, 5) is 4.46. The van der Waals surface area contributed by atoms with Crippen molar-refractivity contribution in [1.29, 1.82) is 0 Å². The molecule has 0 atom stereocenters. The van der Waals surface area contributed by atoms with Crippen LogP contribution in [0.2, 0.25) is 0 Å². The number of nitrogens with one attached hydrogen (secondary N) is 1. The van der Waals surface area contributed by atoms with E-state index >= 15 is 0 Å². The highest BCUT2D eigenvalue weighted by molar-refractivity contribution is 7.98. The van der Waals surface area contributed by atoms with Crippen molar-refractivity contribution in [3.05, 3.63) is 48.0 Å². The van der Waals surface area contributed by atoms with Crippen LogP contribution in [0.4, 0.5) is 0 Å². The molecule has 0 saturated carbocycles. The highest BCUT2D eigenvalue weighted by atomic mass is 32.2. The van der Waals surface area contributed by atoms with E-state index in [2.05, 4.69) is 30.2 Å². The van der Waals surface area contributed by atoms with Gasteiger partial charge in [-0.05, 0) is 36.2 Å². The molecule has 0 amide bonds. The van der Waals surface area contributed by atoms with E-state index in [4.69, 9.17) is 4.42 Å². The zero-order valence-corrected chi connectivity index (χ0v) is 12.2. The maximum absolute atomic E-state index is 5.34. The number of furan rings is 1. The largest absolute Gasteiger partial charge is 0.468 e. The van der Waals surface area contributed by atoms with E-state index in [9.17, 15) is 0 Å². The van der Waals surface area contributed by atoms with Gasteiger partial charge < -0.3 is 9.73 Å². The van der Waals surface area contributed by atoms with Crippen LogP contribution < -0.4 is 5.32 Å². The van der Waals surface area contributed by atoms with Crippen LogP contribution in [0.5, 0.6) is 0 Å². The number of pyridine rings is 1. The maximum Gasteiger partial charge on any atom is 0.114 e. The first-order valence-corrected chi connectivity index (χ1v) is 7.54. The van der Waals surface area contributed by atoms with Gasteiger partial charge in [0.05, 0.1) is 12.0 Å². The second-order valence-electron chi connectivity index (χ2n) is 4.86. The third-order valence-corrected chi connectivity index (χ3v) is 3.72. The molecule has 0 fully saturated rings. The van der Waals surface area contributed by atoms with Crippen molar-refractivity contribution in [2.75, 3.05) is 6.54 Å². The predicted octanol–water partition coefficient (Wildman–Crippen LogP) is 3.71. The monoisotopic (exact) mass is 276 g/mol. The molecule has 2 rings (SSSR count). The van der Waals surface area contributed by atoms with E-state index in [0.29, 0.717) is 5.92 Å². The lowest BCUT2D eigenvalue weighted by molar-refractivity contribution is 0.530. The summed E-state index contributed by atoms with van der Waals surface area (Å²) in [6.07, 6.45) is 3.55. The molecule has 1 N–H and O–H groups in total. The van der Waals surface area contributed by atoms with Crippen molar-refractivity contribution in [3.63, 3.8) is 0 Å². The molecule has 0 saturated heterocycles. The number of aromatic nitrogens is 1. The molecule has 0 unspecified atom stereocenters. The fraction of sp³-hybridized carbons (Fsp3) is 0.400. The Kier molecular flexibility index (Phi) is 5.48. The first kappa shape index (κ1) is 14.2. The van der Waals surface area contributed by atoms with Crippen molar-refractivity contribution in [1.82, 2.24) is 10.3 Å².